The van der Waals surface area contributed by atoms with E-state index < -0.39 is 40.4 Å². The number of rotatable bonds is 8. The molecule has 4 unspecified atom stereocenters. The lowest BCUT2D eigenvalue weighted by atomic mass is 9.41. The van der Waals surface area contributed by atoms with Crippen LogP contribution in [0.5, 0.6) is 0 Å². The van der Waals surface area contributed by atoms with E-state index in [0.29, 0.717) is 37.1 Å². The summed E-state index contributed by atoms with van der Waals surface area (Å²) in [6, 6.07) is 5.71. The predicted molar refractivity (Wildman–Crippen MR) is 170 cm³/mol. The normalized spacial score (nSPS) is 40.0. The summed E-state index contributed by atoms with van der Waals surface area (Å²) in [7, 11) is -3.95. The van der Waals surface area contributed by atoms with Gasteiger partial charge >= 0.3 is 12.0 Å². The molecule has 4 fully saturated rings. The zero-order chi connectivity index (χ0) is 32.9. The minimum Gasteiger partial charge on any atom is -0.459 e. The number of hydrogen-bond donors (Lipinski definition) is 3. The van der Waals surface area contributed by atoms with Gasteiger partial charge in [-0.15, -0.1) is 0 Å². The van der Waals surface area contributed by atoms with E-state index in [-0.39, 0.29) is 39.4 Å². The van der Waals surface area contributed by atoms with Crippen LogP contribution >= 0.6 is 0 Å². The number of benzene rings is 1. The van der Waals surface area contributed by atoms with Crippen molar-refractivity contribution in [3.05, 3.63) is 29.8 Å². The van der Waals surface area contributed by atoms with Crippen LogP contribution in [0, 0.1) is 59.2 Å². The molecular formula is C35H53FN2O6S. The first kappa shape index (κ1) is 34.1. The Labute approximate surface area is 268 Å². The van der Waals surface area contributed by atoms with E-state index in [9.17, 15) is 23.1 Å². The standard InChI is InChI=1S/C35H53FN2O6S/c1-7-24-30-31(36)28(44-22(4)39)14-17-35(30,6)27-13-16-34(5)25(11-12-26(34)29(27)32(24)40)21(3)15-18-37-33(41)38-45(42,43)23-10-8-9-20(2)19-23/h8-10,19,21,24-32,40H,7,11-18H2,1-6H3,(H2,37,38,41)/t21-,24-,25?,26?,27?,28-,29?,30-,31+,32-,34-,35-/m1/s1. The van der Waals surface area contributed by atoms with Crippen LogP contribution in [0.2, 0.25) is 0 Å². The second-order valence-corrected chi connectivity index (χ2v) is 16.9. The number of halogens is 1. The van der Waals surface area contributed by atoms with Gasteiger partial charge in [-0.25, -0.2) is 22.3 Å². The number of aliphatic hydroxyl groups excluding tert-OH is 1. The number of carbonyl (C=O) groups excluding carboxylic acids is 2. The van der Waals surface area contributed by atoms with Gasteiger partial charge in [0, 0.05) is 19.4 Å². The molecule has 252 valence electrons. The monoisotopic (exact) mass is 648 g/mol. The maximum absolute atomic E-state index is 16.2. The molecule has 0 aliphatic heterocycles. The molecule has 12 atom stereocenters. The highest BCUT2D eigenvalue weighted by molar-refractivity contribution is 7.90. The van der Waals surface area contributed by atoms with Crippen LogP contribution in [0.15, 0.2) is 29.2 Å². The fraction of sp³-hybridized carbons (Fsp3) is 0.771. The Kier molecular flexibility index (Phi) is 9.69. The molecule has 0 bridgehead atoms. The van der Waals surface area contributed by atoms with E-state index in [2.05, 4.69) is 30.8 Å². The van der Waals surface area contributed by atoms with Gasteiger partial charge in [0.2, 0.25) is 0 Å². The summed E-state index contributed by atoms with van der Waals surface area (Å²) in [6.45, 7) is 12.4. The van der Waals surface area contributed by atoms with Gasteiger partial charge in [0.15, 0.2) is 0 Å². The third kappa shape index (κ3) is 6.15. The van der Waals surface area contributed by atoms with Gasteiger partial charge < -0.3 is 15.2 Å². The van der Waals surface area contributed by atoms with Crippen LogP contribution in [-0.2, 0) is 19.6 Å². The smallest absolute Gasteiger partial charge is 0.328 e. The molecule has 0 spiro atoms. The fourth-order valence-corrected chi connectivity index (χ4v) is 11.9. The lowest BCUT2D eigenvalue weighted by Gasteiger charge is -2.65. The number of aryl methyl sites for hydroxylation is 1. The summed E-state index contributed by atoms with van der Waals surface area (Å²) in [5, 5.41) is 14.8. The largest absolute Gasteiger partial charge is 0.459 e. The first-order valence-electron chi connectivity index (χ1n) is 17.0. The first-order valence-corrected chi connectivity index (χ1v) is 18.5. The number of amides is 2. The minimum absolute atomic E-state index is 0.0316. The molecular weight excluding hydrogens is 595 g/mol. The number of alkyl halides is 1. The SMILES string of the molecule is CC[C@@H]1[C@@H]2[C@@H](F)[C@H](OC(C)=O)CC[C@]2(C)C2CC[C@@]3(C)C(CCC3[C@H](C)CCNC(=O)NS(=O)(=O)c3cccc(C)c3)C2[C@@H]1O. The van der Waals surface area contributed by atoms with Gasteiger partial charge in [-0.1, -0.05) is 46.2 Å². The van der Waals surface area contributed by atoms with Crippen molar-refractivity contribution in [2.45, 2.75) is 116 Å². The molecule has 2 amide bonds. The van der Waals surface area contributed by atoms with Crippen molar-refractivity contribution in [2.75, 3.05) is 6.54 Å². The zero-order valence-corrected chi connectivity index (χ0v) is 28.5. The summed E-state index contributed by atoms with van der Waals surface area (Å²) >= 11 is 0. The first-order chi connectivity index (χ1) is 21.1. The van der Waals surface area contributed by atoms with Crippen LogP contribution in [-0.4, -0.2) is 50.4 Å². The highest BCUT2D eigenvalue weighted by Gasteiger charge is 2.67. The van der Waals surface area contributed by atoms with Gasteiger partial charge in [-0.3, -0.25) is 4.79 Å². The van der Waals surface area contributed by atoms with Crippen LogP contribution < -0.4 is 10.0 Å². The Bertz CT molecular complexity index is 1370. The van der Waals surface area contributed by atoms with E-state index in [1.165, 1.54) is 19.1 Å². The van der Waals surface area contributed by atoms with E-state index >= 15 is 4.39 Å². The summed E-state index contributed by atoms with van der Waals surface area (Å²) in [5.41, 5.74) is 0.577. The molecule has 3 N–H and O–H groups in total. The lowest BCUT2D eigenvalue weighted by Crippen LogP contribution is -2.65. The summed E-state index contributed by atoms with van der Waals surface area (Å²) in [4.78, 5) is 24.3. The highest BCUT2D eigenvalue weighted by Crippen LogP contribution is 2.69. The number of sulfonamides is 1. The summed E-state index contributed by atoms with van der Waals surface area (Å²) < 4.78 is 49.0. The Morgan fingerprint density at radius 2 is 1.80 bits per heavy atom. The van der Waals surface area contributed by atoms with Crippen molar-refractivity contribution < 1.29 is 32.2 Å². The number of hydrogen-bond acceptors (Lipinski definition) is 6. The minimum atomic E-state index is -3.95. The Morgan fingerprint density at radius 1 is 1.11 bits per heavy atom. The van der Waals surface area contributed by atoms with Gasteiger partial charge in [0.1, 0.15) is 12.3 Å². The van der Waals surface area contributed by atoms with Crippen LogP contribution in [0.25, 0.3) is 0 Å². The number of esters is 1. The van der Waals surface area contributed by atoms with Crippen molar-refractivity contribution in [1.82, 2.24) is 10.0 Å². The van der Waals surface area contributed by atoms with Gasteiger partial charge in [0.25, 0.3) is 10.0 Å². The Balaban J connectivity index is 1.24. The number of nitrogens with one attached hydrogen (secondary N) is 2. The van der Waals surface area contributed by atoms with Gasteiger partial charge in [0.05, 0.1) is 11.0 Å². The quantitative estimate of drug-likeness (QED) is 0.291. The second-order valence-electron chi connectivity index (χ2n) is 15.2. The number of aliphatic hydroxyl groups is 1. The Morgan fingerprint density at radius 3 is 2.47 bits per heavy atom. The second kappa shape index (κ2) is 12.8. The fourth-order valence-electron chi connectivity index (χ4n) is 10.9. The molecule has 5 rings (SSSR count). The lowest BCUT2D eigenvalue weighted by molar-refractivity contribution is -0.226. The molecule has 10 heteroatoms. The van der Waals surface area contributed by atoms with E-state index in [1.807, 2.05) is 6.92 Å². The van der Waals surface area contributed by atoms with Crippen molar-refractivity contribution in [1.29, 1.82) is 0 Å². The van der Waals surface area contributed by atoms with Crippen molar-refractivity contribution in [3.8, 4) is 0 Å². The average Bonchev–Trinajstić information content (AvgIpc) is 3.32. The van der Waals surface area contributed by atoms with Crippen molar-refractivity contribution >= 4 is 22.0 Å². The third-order valence-corrected chi connectivity index (χ3v) is 14.2. The van der Waals surface area contributed by atoms with E-state index in [1.54, 1.807) is 19.1 Å². The molecule has 45 heavy (non-hydrogen) atoms. The van der Waals surface area contributed by atoms with Crippen LogP contribution in [0.1, 0.15) is 91.5 Å². The molecule has 4 saturated carbocycles. The maximum atomic E-state index is 16.2. The van der Waals surface area contributed by atoms with Crippen molar-refractivity contribution in [3.63, 3.8) is 0 Å². The third-order valence-electron chi connectivity index (χ3n) is 12.9. The highest BCUT2D eigenvalue weighted by atomic mass is 32.2. The van der Waals surface area contributed by atoms with Gasteiger partial charge in [-0.05, 0) is 116 Å². The summed E-state index contributed by atoms with van der Waals surface area (Å²) in [5.74, 6) is 0.430. The predicted octanol–water partition coefficient (Wildman–Crippen LogP) is 6.15. The van der Waals surface area contributed by atoms with Crippen LogP contribution in [0.3, 0.4) is 0 Å². The molecule has 0 aromatic heterocycles. The molecule has 0 saturated heterocycles. The number of ether oxygens (including phenoxy) is 1. The van der Waals surface area contributed by atoms with E-state index in [0.717, 1.165) is 44.1 Å². The maximum Gasteiger partial charge on any atom is 0.328 e. The summed E-state index contributed by atoms with van der Waals surface area (Å²) in [6.07, 6.45) is 4.19. The molecule has 1 aromatic carbocycles. The molecule has 4 aliphatic rings. The Hall–Kier alpha value is -2.20. The van der Waals surface area contributed by atoms with E-state index in [4.69, 9.17) is 4.74 Å². The van der Waals surface area contributed by atoms with Crippen LogP contribution in [0.4, 0.5) is 9.18 Å². The molecule has 1 aromatic rings. The topological polar surface area (TPSA) is 122 Å². The number of fused-ring (bicyclic) bond motifs is 5. The van der Waals surface area contributed by atoms with Crippen molar-refractivity contribution in [2.24, 2.45) is 52.3 Å². The molecule has 4 aliphatic carbocycles. The number of urea groups is 1. The molecule has 0 heterocycles. The molecule has 8 nitrogen and oxygen atoms in total. The number of carbonyl (C=O) groups is 2. The average molecular weight is 649 g/mol. The molecule has 0 radical (unpaired) electrons. The zero-order valence-electron chi connectivity index (χ0n) is 27.7. The van der Waals surface area contributed by atoms with Gasteiger partial charge in [-0.2, -0.15) is 0 Å².